The molecule has 1 aromatic rings. The molecule has 2 unspecified atom stereocenters. The van der Waals surface area contributed by atoms with Crippen LogP contribution in [0.1, 0.15) is 38.6 Å². The lowest BCUT2D eigenvalue weighted by Crippen LogP contribution is -2.44. The Kier molecular flexibility index (Phi) is 4.57. The van der Waals surface area contributed by atoms with Crippen LogP contribution in [0.2, 0.25) is 0 Å². The fourth-order valence-corrected chi connectivity index (χ4v) is 2.56. The number of imidazole rings is 1. The number of likely N-dealkylation sites (N-methyl/N-ethyl adjacent to an activating group) is 1. The third kappa shape index (κ3) is 2.87. The van der Waals surface area contributed by atoms with E-state index in [1.807, 2.05) is 6.20 Å². The van der Waals surface area contributed by atoms with Crippen molar-refractivity contribution in [2.75, 3.05) is 19.8 Å². The number of nitrogens with one attached hydrogen (secondary N) is 1. The van der Waals surface area contributed by atoms with Crippen LogP contribution in [0.15, 0.2) is 12.4 Å². The molecule has 0 amide bonds. The average molecular weight is 237 g/mol. The molecule has 1 N–H and O–H groups in total. The van der Waals surface area contributed by atoms with Gasteiger partial charge in [-0.1, -0.05) is 13.8 Å². The maximum Gasteiger partial charge on any atom is 0.109 e. The summed E-state index contributed by atoms with van der Waals surface area (Å²) in [6.45, 7) is 7.03. The van der Waals surface area contributed by atoms with Crippen molar-refractivity contribution in [1.82, 2.24) is 14.9 Å². The van der Waals surface area contributed by atoms with E-state index in [2.05, 4.69) is 34.9 Å². The number of aromatic nitrogens is 2. The highest BCUT2D eigenvalue weighted by atomic mass is 16.5. The molecule has 2 heterocycles. The summed E-state index contributed by atoms with van der Waals surface area (Å²) in [6, 6.07) is 0.909. The zero-order valence-corrected chi connectivity index (χ0v) is 10.9. The predicted molar refractivity (Wildman–Crippen MR) is 68.2 cm³/mol. The Bertz CT molecular complexity index is 335. The lowest BCUT2D eigenvalue weighted by Gasteiger charge is -2.33. The van der Waals surface area contributed by atoms with Crippen molar-refractivity contribution in [2.24, 2.45) is 0 Å². The van der Waals surface area contributed by atoms with Crippen molar-refractivity contribution in [3.8, 4) is 0 Å². The summed E-state index contributed by atoms with van der Waals surface area (Å²) in [5, 5.41) is 3.56. The van der Waals surface area contributed by atoms with Crippen molar-refractivity contribution in [1.29, 1.82) is 0 Å². The Labute approximate surface area is 103 Å². The molecule has 2 atom stereocenters. The van der Waals surface area contributed by atoms with Gasteiger partial charge in [-0.2, -0.15) is 0 Å². The van der Waals surface area contributed by atoms with Crippen molar-refractivity contribution in [2.45, 2.75) is 45.2 Å². The molecule has 0 radical (unpaired) electrons. The lowest BCUT2D eigenvalue weighted by molar-refractivity contribution is 0.0365. The molecule has 96 valence electrons. The first kappa shape index (κ1) is 12.6. The van der Waals surface area contributed by atoms with Crippen LogP contribution in [0.5, 0.6) is 0 Å². The Morgan fingerprint density at radius 3 is 3.18 bits per heavy atom. The molecule has 17 heavy (non-hydrogen) atoms. The zero-order chi connectivity index (χ0) is 12.1. The topological polar surface area (TPSA) is 39.1 Å². The first-order chi connectivity index (χ1) is 8.36. The Morgan fingerprint density at radius 2 is 2.41 bits per heavy atom. The number of ether oxygens (including phenoxy) is 1. The molecule has 1 fully saturated rings. The highest BCUT2D eigenvalue weighted by Crippen LogP contribution is 2.22. The second kappa shape index (κ2) is 6.17. The van der Waals surface area contributed by atoms with Gasteiger partial charge in [0, 0.05) is 31.5 Å². The van der Waals surface area contributed by atoms with E-state index in [0.717, 1.165) is 39.0 Å². The third-order valence-corrected chi connectivity index (χ3v) is 3.37. The van der Waals surface area contributed by atoms with Crippen LogP contribution >= 0.6 is 0 Å². The first-order valence-electron chi connectivity index (χ1n) is 6.69. The minimum atomic E-state index is 0.396. The molecule has 4 nitrogen and oxygen atoms in total. The average Bonchev–Trinajstić information content (AvgIpc) is 2.79. The van der Waals surface area contributed by atoms with Gasteiger partial charge >= 0.3 is 0 Å². The Morgan fingerprint density at radius 1 is 1.53 bits per heavy atom. The highest BCUT2D eigenvalue weighted by molar-refractivity contribution is 4.99. The number of rotatable bonds is 5. The molecule has 1 saturated heterocycles. The first-order valence-corrected chi connectivity index (χ1v) is 6.69. The van der Waals surface area contributed by atoms with Gasteiger partial charge < -0.3 is 14.6 Å². The zero-order valence-electron chi connectivity index (χ0n) is 10.9. The molecule has 4 heteroatoms. The number of hydrogen-bond acceptors (Lipinski definition) is 3. The number of aryl methyl sites for hydroxylation is 1. The molecular weight excluding hydrogens is 214 g/mol. The summed E-state index contributed by atoms with van der Waals surface area (Å²) in [5.74, 6) is 1.19. The van der Waals surface area contributed by atoms with E-state index in [0.29, 0.717) is 12.1 Å². The second-order valence-electron chi connectivity index (χ2n) is 4.60. The van der Waals surface area contributed by atoms with Crippen molar-refractivity contribution in [3.63, 3.8) is 0 Å². The van der Waals surface area contributed by atoms with E-state index in [1.54, 1.807) is 0 Å². The summed E-state index contributed by atoms with van der Waals surface area (Å²) in [6.07, 6.45) is 7.26. The lowest BCUT2D eigenvalue weighted by atomic mass is 10.0. The van der Waals surface area contributed by atoms with E-state index in [9.17, 15) is 0 Å². The SMILES string of the molecule is CCCc1nccn1C1COCCC1NCC. The number of nitrogens with zero attached hydrogens (tertiary/aromatic N) is 2. The summed E-state index contributed by atoms with van der Waals surface area (Å²) in [7, 11) is 0. The van der Waals surface area contributed by atoms with Crippen molar-refractivity contribution in [3.05, 3.63) is 18.2 Å². The van der Waals surface area contributed by atoms with Gasteiger partial charge in [-0.25, -0.2) is 4.98 Å². The van der Waals surface area contributed by atoms with Crippen LogP contribution in [0.25, 0.3) is 0 Å². The van der Waals surface area contributed by atoms with Crippen LogP contribution in [-0.4, -0.2) is 35.4 Å². The van der Waals surface area contributed by atoms with Crippen LogP contribution in [0, 0.1) is 0 Å². The van der Waals surface area contributed by atoms with E-state index >= 15 is 0 Å². The van der Waals surface area contributed by atoms with Crippen LogP contribution in [-0.2, 0) is 11.2 Å². The van der Waals surface area contributed by atoms with E-state index in [4.69, 9.17) is 4.74 Å². The summed E-state index contributed by atoms with van der Waals surface area (Å²) < 4.78 is 7.93. The molecule has 1 aliphatic rings. The van der Waals surface area contributed by atoms with E-state index in [-0.39, 0.29) is 0 Å². The predicted octanol–water partition coefficient (Wildman–Crippen LogP) is 1.78. The summed E-state index contributed by atoms with van der Waals surface area (Å²) >= 11 is 0. The van der Waals surface area contributed by atoms with Crippen LogP contribution in [0.4, 0.5) is 0 Å². The van der Waals surface area contributed by atoms with Gasteiger partial charge in [0.25, 0.3) is 0 Å². The fraction of sp³-hybridized carbons (Fsp3) is 0.769. The van der Waals surface area contributed by atoms with Gasteiger partial charge in [-0.15, -0.1) is 0 Å². The van der Waals surface area contributed by atoms with Gasteiger partial charge in [0.15, 0.2) is 0 Å². The highest BCUT2D eigenvalue weighted by Gasteiger charge is 2.27. The van der Waals surface area contributed by atoms with Crippen LogP contribution < -0.4 is 5.32 Å². The van der Waals surface area contributed by atoms with Gasteiger partial charge in [0.2, 0.25) is 0 Å². The quantitative estimate of drug-likeness (QED) is 0.848. The largest absolute Gasteiger partial charge is 0.379 e. The second-order valence-corrected chi connectivity index (χ2v) is 4.60. The van der Waals surface area contributed by atoms with E-state index in [1.165, 1.54) is 5.82 Å². The molecule has 1 aromatic heterocycles. The van der Waals surface area contributed by atoms with Crippen molar-refractivity contribution >= 4 is 0 Å². The monoisotopic (exact) mass is 237 g/mol. The van der Waals surface area contributed by atoms with Gasteiger partial charge in [0.05, 0.1) is 12.6 Å². The van der Waals surface area contributed by atoms with Gasteiger partial charge in [-0.05, 0) is 19.4 Å². The minimum Gasteiger partial charge on any atom is -0.379 e. The summed E-state index contributed by atoms with van der Waals surface area (Å²) in [4.78, 5) is 4.46. The molecule has 0 aromatic carbocycles. The normalized spacial score (nSPS) is 25.1. The Balaban J connectivity index is 2.14. The van der Waals surface area contributed by atoms with Gasteiger partial charge in [-0.3, -0.25) is 0 Å². The molecular formula is C13H23N3O. The molecule has 0 saturated carbocycles. The van der Waals surface area contributed by atoms with Gasteiger partial charge in [0.1, 0.15) is 5.82 Å². The summed E-state index contributed by atoms with van der Waals surface area (Å²) in [5.41, 5.74) is 0. The number of hydrogen-bond donors (Lipinski definition) is 1. The molecule has 0 aliphatic carbocycles. The minimum absolute atomic E-state index is 0.396. The fourth-order valence-electron chi connectivity index (χ4n) is 2.56. The molecule has 2 rings (SSSR count). The molecule has 1 aliphatic heterocycles. The van der Waals surface area contributed by atoms with E-state index < -0.39 is 0 Å². The molecule has 0 bridgehead atoms. The maximum atomic E-state index is 5.63. The van der Waals surface area contributed by atoms with Crippen molar-refractivity contribution < 1.29 is 4.74 Å². The third-order valence-electron chi connectivity index (χ3n) is 3.37. The smallest absolute Gasteiger partial charge is 0.109 e. The maximum absolute atomic E-state index is 5.63. The van der Waals surface area contributed by atoms with Crippen LogP contribution in [0.3, 0.4) is 0 Å². The molecule has 0 spiro atoms. The Hall–Kier alpha value is -0.870. The standard InChI is InChI=1S/C13H23N3O/c1-3-5-13-15-7-8-16(13)12-10-17-9-6-11(12)14-4-2/h7-8,11-12,14H,3-6,9-10H2,1-2H3.